The molecular formula is C16H17NO3S. The van der Waals surface area contributed by atoms with E-state index < -0.39 is 11.5 Å². The second-order valence-corrected chi connectivity index (χ2v) is 5.66. The Morgan fingerprint density at radius 1 is 1.19 bits per heavy atom. The van der Waals surface area contributed by atoms with Gasteiger partial charge in [0.15, 0.2) is 0 Å². The van der Waals surface area contributed by atoms with Gasteiger partial charge in [0.1, 0.15) is 11.3 Å². The van der Waals surface area contributed by atoms with Crippen LogP contribution < -0.4 is 10.5 Å². The smallest absolute Gasteiger partial charge is 0.329 e. The quantitative estimate of drug-likeness (QED) is 0.803. The third kappa shape index (κ3) is 3.56. The lowest BCUT2D eigenvalue weighted by molar-refractivity contribution is -0.142. The Balaban J connectivity index is 2.15. The fraction of sp³-hybridized carbons (Fsp3) is 0.188. The molecule has 1 atom stereocenters. The first-order valence-electron chi connectivity index (χ1n) is 6.41. The van der Waals surface area contributed by atoms with E-state index >= 15 is 0 Å². The zero-order valence-electron chi connectivity index (χ0n) is 11.7. The zero-order valence-corrected chi connectivity index (χ0v) is 12.5. The number of hydrogen-bond donors (Lipinski definition) is 2. The fourth-order valence-electron chi connectivity index (χ4n) is 1.87. The van der Waals surface area contributed by atoms with Gasteiger partial charge in [0.2, 0.25) is 0 Å². The average molecular weight is 303 g/mol. The van der Waals surface area contributed by atoms with E-state index in [-0.39, 0.29) is 5.75 Å². The summed E-state index contributed by atoms with van der Waals surface area (Å²) in [4.78, 5) is 12.5. The minimum atomic E-state index is -1.41. The lowest BCUT2D eigenvalue weighted by atomic mass is 9.93. The Morgan fingerprint density at radius 2 is 1.81 bits per heavy atom. The Kier molecular flexibility index (Phi) is 4.88. The predicted octanol–water partition coefficient (Wildman–Crippen LogP) is 2.73. The Labute approximate surface area is 127 Å². The molecule has 5 heteroatoms. The van der Waals surface area contributed by atoms with Crippen molar-refractivity contribution in [1.82, 2.24) is 0 Å². The number of methoxy groups -OCH3 is 1. The minimum absolute atomic E-state index is 0.249. The fourth-order valence-corrected chi connectivity index (χ4v) is 2.89. The molecule has 0 aromatic heterocycles. The van der Waals surface area contributed by atoms with E-state index in [4.69, 9.17) is 10.5 Å². The van der Waals surface area contributed by atoms with Crippen molar-refractivity contribution in [1.29, 1.82) is 0 Å². The van der Waals surface area contributed by atoms with E-state index in [0.29, 0.717) is 5.56 Å². The second kappa shape index (κ2) is 6.65. The van der Waals surface area contributed by atoms with Gasteiger partial charge in [-0.3, -0.25) is 0 Å². The van der Waals surface area contributed by atoms with Crippen molar-refractivity contribution in [3.63, 3.8) is 0 Å². The number of aliphatic carboxylic acids is 1. The van der Waals surface area contributed by atoms with Gasteiger partial charge in [0.25, 0.3) is 0 Å². The van der Waals surface area contributed by atoms with Gasteiger partial charge >= 0.3 is 5.97 Å². The number of rotatable bonds is 6. The molecule has 0 saturated carbocycles. The lowest BCUT2D eigenvalue weighted by Gasteiger charge is -2.24. The van der Waals surface area contributed by atoms with Crippen LogP contribution in [0.2, 0.25) is 0 Å². The molecule has 0 aliphatic heterocycles. The summed E-state index contributed by atoms with van der Waals surface area (Å²) in [6.45, 7) is 0. The van der Waals surface area contributed by atoms with Crippen LogP contribution in [0.3, 0.4) is 0 Å². The molecule has 2 aromatic rings. The maximum Gasteiger partial charge on any atom is 0.329 e. The van der Waals surface area contributed by atoms with Crippen LogP contribution in [-0.2, 0) is 10.3 Å². The van der Waals surface area contributed by atoms with Gasteiger partial charge in [-0.1, -0.05) is 30.3 Å². The van der Waals surface area contributed by atoms with E-state index in [1.807, 2.05) is 30.3 Å². The summed E-state index contributed by atoms with van der Waals surface area (Å²) in [5.41, 5.74) is 5.31. The molecular weight excluding hydrogens is 286 g/mol. The molecule has 2 rings (SSSR count). The van der Waals surface area contributed by atoms with E-state index in [2.05, 4.69) is 0 Å². The SMILES string of the molecule is COc1ccc(SCC(N)(C(=O)O)c2ccccc2)cc1. The van der Waals surface area contributed by atoms with Crippen molar-refractivity contribution in [3.05, 3.63) is 60.2 Å². The summed E-state index contributed by atoms with van der Waals surface area (Å²) in [7, 11) is 1.60. The largest absolute Gasteiger partial charge is 0.497 e. The molecule has 0 heterocycles. The van der Waals surface area contributed by atoms with Crippen molar-refractivity contribution in [3.8, 4) is 5.75 Å². The van der Waals surface area contributed by atoms with E-state index in [0.717, 1.165) is 10.6 Å². The summed E-state index contributed by atoms with van der Waals surface area (Å²) in [5.74, 6) is -0.0204. The van der Waals surface area contributed by atoms with Gasteiger partial charge in [0.05, 0.1) is 7.11 Å². The van der Waals surface area contributed by atoms with Gasteiger partial charge in [-0.2, -0.15) is 0 Å². The van der Waals surface area contributed by atoms with Crippen LogP contribution in [0.25, 0.3) is 0 Å². The molecule has 0 radical (unpaired) electrons. The highest BCUT2D eigenvalue weighted by Crippen LogP contribution is 2.29. The zero-order chi connectivity index (χ0) is 15.3. The van der Waals surface area contributed by atoms with Crippen LogP contribution in [0.1, 0.15) is 5.56 Å². The molecule has 0 bridgehead atoms. The van der Waals surface area contributed by atoms with Gasteiger partial charge in [-0.05, 0) is 29.8 Å². The molecule has 0 aliphatic carbocycles. The molecule has 110 valence electrons. The first-order valence-corrected chi connectivity index (χ1v) is 7.39. The Bertz CT molecular complexity index is 601. The van der Waals surface area contributed by atoms with Crippen molar-refractivity contribution >= 4 is 17.7 Å². The van der Waals surface area contributed by atoms with Crippen molar-refractivity contribution in [2.45, 2.75) is 10.4 Å². The summed E-state index contributed by atoms with van der Waals surface area (Å²) in [5, 5.41) is 9.49. The molecule has 21 heavy (non-hydrogen) atoms. The van der Waals surface area contributed by atoms with Gasteiger partial charge in [-0.15, -0.1) is 11.8 Å². The second-order valence-electron chi connectivity index (χ2n) is 4.61. The molecule has 1 unspecified atom stereocenters. The first-order chi connectivity index (χ1) is 10.1. The number of carboxylic acids is 1. The van der Waals surface area contributed by atoms with E-state index in [1.54, 1.807) is 31.4 Å². The van der Waals surface area contributed by atoms with Crippen LogP contribution in [-0.4, -0.2) is 23.9 Å². The number of ether oxygens (including phenoxy) is 1. The lowest BCUT2D eigenvalue weighted by Crippen LogP contribution is -2.47. The van der Waals surface area contributed by atoms with Crippen molar-refractivity contribution < 1.29 is 14.6 Å². The minimum Gasteiger partial charge on any atom is -0.497 e. The highest BCUT2D eigenvalue weighted by molar-refractivity contribution is 7.99. The molecule has 0 amide bonds. The standard InChI is InChI=1S/C16H17NO3S/c1-20-13-7-9-14(10-8-13)21-11-16(17,15(18)19)12-5-3-2-4-6-12/h2-10H,11,17H2,1H3,(H,18,19). The van der Waals surface area contributed by atoms with Crippen LogP contribution in [0.15, 0.2) is 59.5 Å². The highest BCUT2D eigenvalue weighted by Gasteiger charge is 2.36. The van der Waals surface area contributed by atoms with Crippen LogP contribution >= 0.6 is 11.8 Å². The first kappa shape index (κ1) is 15.4. The third-order valence-electron chi connectivity index (χ3n) is 3.20. The summed E-state index contributed by atoms with van der Waals surface area (Å²) < 4.78 is 5.09. The Morgan fingerprint density at radius 3 is 2.33 bits per heavy atom. The number of benzene rings is 2. The molecule has 3 N–H and O–H groups in total. The average Bonchev–Trinajstić information content (AvgIpc) is 2.53. The monoisotopic (exact) mass is 303 g/mol. The third-order valence-corrected chi connectivity index (χ3v) is 4.40. The van der Waals surface area contributed by atoms with E-state index in [1.165, 1.54) is 11.8 Å². The summed E-state index contributed by atoms with van der Waals surface area (Å²) in [6.07, 6.45) is 0. The van der Waals surface area contributed by atoms with Crippen molar-refractivity contribution in [2.75, 3.05) is 12.9 Å². The number of carboxylic acid groups (broad SMARTS) is 1. The molecule has 0 spiro atoms. The van der Waals surface area contributed by atoms with Gasteiger partial charge < -0.3 is 15.6 Å². The number of carbonyl (C=O) groups is 1. The normalized spacial score (nSPS) is 13.4. The molecule has 4 nitrogen and oxygen atoms in total. The van der Waals surface area contributed by atoms with E-state index in [9.17, 15) is 9.90 Å². The molecule has 0 aliphatic rings. The van der Waals surface area contributed by atoms with Crippen LogP contribution in [0.4, 0.5) is 0 Å². The van der Waals surface area contributed by atoms with Crippen LogP contribution in [0, 0.1) is 0 Å². The number of thioether (sulfide) groups is 1. The molecule has 2 aromatic carbocycles. The Hall–Kier alpha value is -1.98. The predicted molar refractivity (Wildman–Crippen MR) is 83.7 cm³/mol. The summed E-state index contributed by atoms with van der Waals surface area (Å²) >= 11 is 1.41. The maximum absolute atomic E-state index is 11.6. The van der Waals surface area contributed by atoms with Gasteiger partial charge in [0, 0.05) is 10.6 Å². The summed E-state index contributed by atoms with van der Waals surface area (Å²) in [6, 6.07) is 16.3. The van der Waals surface area contributed by atoms with Crippen LogP contribution in [0.5, 0.6) is 5.75 Å². The highest BCUT2D eigenvalue weighted by atomic mass is 32.2. The topological polar surface area (TPSA) is 72.5 Å². The van der Waals surface area contributed by atoms with Crippen molar-refractivity contribution in [2.24, 2.45) is 5.73 Å². The number of nitrogens with two attached hydrogens (primary N) is 1. The van der Waals surface area contributed by atoms with Gasteiger partial charge in [-0.25, -0.2) is 4.79 Å². The number of hydrogen-bond acceptors (Lipinski definition) is 4. The molecule has 0 fully saturated rings. The maximum atomic E-state index is 11.6. The molecule has 0 saturated heterocycles.